The van der Waals surface area contributed by atoms with E-state index in [0.29, 0.717) is 11.3 Å². The van der Waals surface area contributed by atoms with Gasteiger partial charge >= 0.3 is 0 Å². The molecule has 0 bridgehead atoms. The third kappa shape index (κ3) is 3.56. The molecule has 0 spiro atoms. The van der Waals surface area contributed by atoms with Gasteiger partial charge in [-0.15, -0.1) is 0 Å². The molecule has 0 radical (unpaired) electrons. The molecule has 0 saturated heterocycles. The quantitative estimate of drug-likeness (QED) is 0.909. The van der Waals surface area contributed by atoms with Gasteiger partial charge < -0.3 is 9.84 Å². The lowest BCUT2D eigenvalue weighted by Crippen LogP contribution is -1.98. The highest BCUT2D eigenvalue weighted by atomic mass is 79.9. The van der Waals surface area contributed by atoms with Crippen molar-refractivity contribution in [2.45, 2.75) is 11.5 Å². The van der Waals surface area contributed by atoms with Crippen LogP contribution < -0.4 is 4.74 Å². The molecular formula is C13H12BrNO4S. The van der Waals surface area contributed by atoms with Gasteiger partial charge in [0.1, 0.15) is 5.75 Å². The fourth-order valence-electron chi connectivity index (χ4n) is 1.54. The molecule has 5 nitrogen and oxygen atoms in total. The minimum Gasteiger partial charge on any atom is -0.439 e. The third-order valence-electron chi connectivity index (χ3n) is 2.53. The molecule has 1 heterocycles. The first kappa shape index (κ1) is 15.0. The second kappa shape index (κ2) is 5.90. The van der Waals surface area contributed by atoms with Gasteiger partial charge in [-0.3, -0.25) is 0 Å². The molecule has 0 aliphatic heterocycles. The molecule has 0 fully saturated rings. The molecule has 1 N–H and O–H groups in total. The molecule has 106 valence electrons. The maximum Gasteiger partial charge on any atom is 0.224 e. The topological polar surface area (TPSA) is 76.5 Å². The number of aromatic nitrogens is 1. The normalized spacial score (nSPS) is 11.3. The van der Waals surface area contributed by atoms with E-state index in [-0.39, 0.29) is 17.4 Å². The van der Waals surface area contributed by atoms with Gasteiger partial charge in [0.2, 0.25) is 5.88 Å². The highest BCUT2D eigenvalue weighted by Crippen LogP contribution is 2.26. The highest BCUT2D eigenvalue weighted by molar-refractivity contribution is 9.10. The summed E-state index contributed by atoms with van der Waals surface area (Å²) in [7, 11) is -3.23. The van der Waals surface area contributed by atoms with E-state index in [4.69, 9.17) is 4.74 Å². The van der Waals surface area contributed by atoms with Crippen LogP contribution in [0.25, 0.3) is 0 Å². The van der Waals surface area contributed by atoms with Crippen molar-refractivity contribution in [1.82, 2.24) is 4.98 Å². The van der Waals surface area contributed by atoms with Crippen LogP contribution in [0, 0.1) is 0 Å². The summed E-state index contributed by atoms with van der Waals surface area (Å²) < 4.78 is 29.0. The molecule has 7 heteroatoms. The monoisotopic (exact) mass is 357 g/mol. The summed E-state index contributed by atoms with van der Waals surface area (Å²) in [6.07, 6.45) is 2.70. The summed E-state index contributed by atoms with van der Waals surface area (Å²) in [5.41, 5.74) is 0.534. The number of hydrogen-bond acceptors (Lipinski definition) is 5. The molecule has 2 rings (SSSR count). The number of halogens is 1. The van der Waals surface area contributed by atoms with Crippen molar-refractivity contribution in [2.24, 2.45) is 0 Å². The van der Waals surface area contributed by atoms with Gasteiger partial charge in [0.25, 0.3) is 0 Å². The van der Waals surface area contributed by atoms with Gasteiger partial charge in [-0.25, -0.2) is 13.4 Å². The highest BCUT2D eigenvalue weighted by Gasteiger charge is 2.09. The van der Waals surface area contributed by atoms with Crippen LogP contribution in [0.3, 0.4) is 0 Å². The van der Waals surface area contributed by atoms with Crippen LogP contribution in [0.15, 0.2) is 45.9 Å². The largest absolute Gasteiger partial charge is 0.439 e. The number of rotatable bonds is 4. The maximum absolute atomic E-state index is 11.3. The number of benzene rings is 1. The van der Waals surface area contributed by atoms with Gasteiger partial charge in [0.15, 0.2) is 9.84 Å². The molecule has 1 aromatic carbocycles. The standard InChI is InChI=1S/C13H12BrNO4S/c1-20(17,18)12-4-2-11(3-5-12)19-13-9(8-16)6-10(14)7-15-13/h2-7,16H,8H2,1H3. The number of aliphatic hydroxyl groups excluding tert-OH is 1. The van der Waals surface area contributed by atoms with Gasteiger partial charge in [-0.1, -0.05) is 0 Å². The Morgan fingerprint density at radius 2 is 1.95 bits per heavy atom. The fourth-order valence-corrected chi connectivity index (χ4v) is 2.55. The van der Waals surface area contributed by atoms with E-state index in [9.17, 15) is 13.5 Å². The SMILES string of the molecule is CS(=O)(=O)c1ccc(Oc2ncc(Br)cc2CO)cc1. The predicted octanol–water partition coefficient (Wildman–Crippen LogP) is 2.53. The van der Waals surface area contributed by atoms with Gasteiger partial charge in [-0.05, 0) is 46.3 Å². The van der Waals surface area contributed by atoms with Crippen molar-refractivity contribution in [3.8, 4) is 11.6 Å². The van der Waals surface area contributed by atoms with Crippen LogP contribution in [-0.2, 0) is 16.4 Å². The van der Waals surface area contributed by atoms with Crippen molar-refractivity contribution in [2.75, 3.05) is 6.26 Å². The van der Waals surface area contributed by atoms with Crippen molar-refractivity contribution in [3.05, 3.63) is 46.6 Å². The van der Waals surface area contributed by atoms with Crippen LogP contribution in [0.4, 0.5) is 0 Å². The summed E-state index contributed by atoms with van der Waals surface area (Å²) in [6, 6.07) is 7.71. The van der Waals surface area contributed by atoms with E-state index in [0.717, 1.165) is 10.7 Å². The molecule has 1 aromatic heterocycles. The zero-order valence-corrected chi connectivity index (χ0v) is 13.0. The van der Waals surface area contributed by atoms with Crippen molar-refractivity contribution < 1.29 is 18.3 Å². The van der Waals surface area contributed by atoms with E-state index in [1.807, 2.05) is 0 Å². The minimum absolute atomic E-state index is 0.205. The summed E-state index contributed by atoms with van der Waals surface area (Å²) in [6.45, 7) is -0.205. The first-order chi connectivity index (χ1) is 9.40. The third-order valence-corrected chi connectivity index (χ3v) is 4.09. The summed E-state index contributed by atoms with van der Waals surface area (Å²) in [4.78, 5) is 4.29. The Bertz CT molecular complexity index is 714. The zero-order chi connectivity index (χ0) is 14.8. The Morgan fingerprint density at radius 3 is 2.50 bits per heavy atom. The van der Waals surface area contributed by atoms with Gasteiger partial charge in [0, 0.05) is 22.5 Å². The number of aliphatic hydroxyl groups is 1. The Balaban J connectivity index is 2.27. The first-order valence-corrected chi connectivity index (χ1v) is 8.32. The average Bonchev–Trinajstić information content (AvgIpc) is 2.40. The molecule has 0 aliphatic rings. The molecular weight excluding hydrogens is 346 g/mol. The van der Waals surface area contributed by atoms with Crippen LogP contribution in [-0.4, -0.2) is 24.8 Å². The molecule has 0 unspecified atom stereocenters. The van der Waals surface area contributed by atoms with Crippen LogP contribution >= 0.6 is 15.9 Å². The second-order valence-electron chi connectivity index (χ2n) is 4.12. The Kier molecular flexibility index (Phi) is 4.42. The zero-order valence-electron chi connectivity index (χ0n) is 10.6. The smallest absolute Gasteiger partial charge is 0.224 e. The van der Waals surface area contributed by atoms with Crippen LogP contribution in [0.2, 0.25) is 0 Å². The Labute approximate surface area is 125 Å². The number of ether oxygens (including phenoxy) is 1. The molecule has 0 saturated carbocycles. The minimum atomic E-state index is -3.23. The number of nitrogens with zero attached hydrogens (tertiary/aromatic N) is 1. The Morgan fingerprint density at radius 1 is 1.30 bits per heavy atom. The van der Waals surface area contributed by atoms with Crippen molar-refractivity contribution in [1.29, 1.82) is 0 Å². The van der Waals surface area contributed by atoms with E-state index in [1.54, 1.807) is 24.4 Å². The lowest BCUT2D eigenvalue weighted by atomic mass is 10.3. The molecule has 2 aromatic rings. The number of sulfone groups is 1. The maximum atomic E-state index is 11.3. The summed E-state index contributed by atoms with van der Waals surface area (Å²) >= 11 is 3.26. The fraction of sp³-hybridized carbons (Fsp3) is 0.154. The van der Waals surface area contributed by atoms with Crippen molar-refractivity contribution in [3.63, 3.8) is 0 Å². The van der Waals surface area contributed by atoms with E-state index < -0.39 is 9.84 Å². The predicted molar refractivity (Wildman–Crippen MR) is 77.5 cm³/mol. The number of pyridine rings is 1. The van der Waals surface area contributed by atoms with E-state index in [1.165, 1.54) is 12.1 Å². The summed E-state index contributed by atoms with van der Waals surface area (Å²) in [5, 5.41) is 9.25. The second-order valence-corrected chi connectivity index (χ2v) is 7.05. The van der Waals surface area contributed by atoms with E-state index >= 15 is 0 Å². The van der Waals surface area contributed by atoms with E-state index in [2.05, 4.69) is 20.9 Å². The number of hydrogen-bond donors (Lipinski definition) is 1. The Hall–Kier alpha value is -1.44. The van der Waals surface area contributed by atoms with Crippen molar-refractivity contribution >= 4 is 25.8 Å². The molecule has 0 atom stereocenters. The molecule has 20 heavy (non-hydrogen) atoms. The van der Waals surface area contributed by atoms with Gasteiger partial charge in [-0.2, -0.15) is 0 Å². The van der Waals surface area contributed by atoms with Crippen LogP contribution in [0.5, 0.6) is 11.6 Å². The van der Waals surface area contributed by atoms with Gasteiger partial charge in [0.05, 0.1) is 11.5 Å². The lowest BCUT2D eigenvalue weighted by molar-refractivity contribution is 0.275. The lowest BCUT2D eigenvalue weighted by Gasteiger charge is -2.09. The molecule has 0 amide bonds. The van der Waals surface area contributed by atoms with Crippen LogP contribution in [0.1, 0.15) is 5.56 Å². The summed E-state index contributed by atoms with van der Waals surface area (Å²) in [5.74, 6) is 0.727. The average molecular weight is 358 g/mol. The molecule has 0 aliphatic carbocycles. The first-order valence-electron chi connectivity index (χ1n) is 5.63.